The van der Waals surface area contributed by atoms with Crippen LogP contribution in [0.3, 0.4) is 0 Å². The van der Waals surface area contributed by atoms with Gasteiger partial charge in [0.05, 0.1) is 12.2 Å². The maximum atomic E-state index is 12.5. The van der Waals surface area contributed by atoms with Gasteiger partial charge in [0.25, 0.3) is 0 Å². The molecule has 6 heteroatoms. The minimum absolute atomic E-state index is 0.155. The second kappa shape index (κ2) is 9.94. The first-order valence-corrected chi connectivity index (χ1v) is 11.1. The fourth-order valence-electron chi connectivity index (χ4n) is 4.61. The van der Waals surface area contributed by atoms with E-state index in [4.69, 9.17) is 4.74 Å². The van der Waals surface area contributed by atoms with Gasteiger partial charge < -0.3 is 10.1 Å². The first kappa shape index (κ1) is 20.7. The summed E-state index contributed by atoms with van der Waals surface area (Å²) in [6, 6.07) is 10.5. The summed E-state index contributed by atoms with van der Waals surface area (Å²) in [5.41, 5.74) is 1.21. The van der Waals surface area contributed by atoms with Crippen LogP contribution in [0.5, 0.6) is 5.75 Å². The van der Waals surface area contributed by atoms with Crippen molar-refractivity contribution >= 4 is 11.7 Å². The number of rotatable bonds is 8. The Morgan fingerprint density at radius 2 is 1.93 bits per heavy atom. The number of piperidine rings is 1. The van der Waals surface area contributed by atoms with E-state index in [2.05, 4.69) is 34.0 Å². The van der Waals surface area contributed by atoms with Crippen molar-refractivity contribution in [2.45, 2.75) is 51.1 Å². The number of hydrogen-bond acceptors (Lipinski definition) is 4. The third-order valence-electron chi connectivity index (χ3n) is 6.27. The summed E-state index contributed by atoms with van der Waals surface area (Å²) >= 11 is 0. The van der Waals surface area contributed by atoms with Gasteiger partial charge in [-0.2, -0.15) is 5.10 Å². The molecule has 0 unspecified atom stereocenters. The van der Waals surface area contributed by atoms with Crippen molar-refractivity contribution in [2.75, 3.05) is 25.0 Å². The number of aromatic nitrogens is 2. The van der Waals surface area contributed by atoms with Gasteiger partial charge in [0.1, 0.15) is 18.2 Å². The van der Waals surface area contributed by atoms with Gasteiger partial charge in [0.15, 0.2) is 0 Å². The number of ether oxygens (including phenoxy) is 1. The highest BCUT2D eigenvalue weighted by atomic mass is 16.5. The molecular weight excluding hydrogens is 376 g/mol. The van der Waals surface area contributed by atoms with E-state index in [0.717, 1.165) is 69.7 Å². The number of amides is 1. The first-order chi connectivity index (χ1) is 14.7. The smallest absolute Gasteiger partial charge is 0.228 e. The molecule has 1 aromatic carbocycles. The molecule has 2 aliphatic rings. The topological polar surface area (TPSA) is 59.4 Å². The number of hydrogen-bond donors (Lipinski definition) is 1. The lowest BCUT2D eigenvalue weighted by Crippen LogP contribution is -2.35. The third-order valence-corrected chi connectivity index (χ3v) is 6.27. The van der Waals surface area contributed by atoms with Crippen LogP contribution in [0.15, 0.2) is 49.2 Å². The fourth-order valence-corrected chi connectivity index (χ4v) is 4.61. The molecule has 1 N–H and O–H groups in total. The Hall–Kier alpha value is -2.60. The van der Waals surface area contributed by atoms with E-state index in [-0.39, 0.29) is 11.8 Å². The van der Waals surface area contributed by atoms with Gasteiger partial charge in [0.2, 0.25) is 5.91 Å². The third kappa shape index (κ3) is 4.93. The molecule has 0 spiro atoms. The molecule has 30 heavy (non-hydrogen) atoms. The molecule has 1 aliphatic heterocycles. The lowest BCUT2D eigenvalue weighted by atomic mass is 10.0. The molecule has 2 fully saturated rings. The highest BCUT2D eigenvalue weighted by Gasteiger charge is 2.26. The van der Waals surface area contributed by atoms with Gasteiger partial charge in [0, 0.05) is 37.2 Å². The minimum atomic E-state index is 0.155. The predicted molar refractivity (Wildman–Crippen MR) is 118 cm³/mol. The summed E-state index contributed by atoms with van der Waals surface area (Å²) < 4.78 is 7.82. The van der Waals surface area contributed by atoms with Gasteiger partial charge in [-0.25, -0.2) is 4.68 Å². The van der Waals surface area contributed by atoms with Gasteiger partial charge in [-0.05, 0) is 31.7 Å². The summed E-state index contributed by atoms with van der Waals surface area (Å²) in [7, 11) is 0. The van der Waals surface area contributed by atoms with Gasteiger partial charge >= 0.3 is 0 Å². The van der Waals surface area contributed by atoms with Crippen LogP contribution in [0, 0.1) is 5.92 Å². The minimum Gasteiger partial charge on any atom is -0.489 e. The van der Waals surface area contributed by atoms with E-state index in [9.17, 15) is 4.79 Å². The molecule has 2 aromatic rings. The van der Waals surface area contributed by atoms with Crippen LogP contribution in [0.25, 0.3) is 0 Å². The molecular formula is C24H32N4O2. The number of para-hydroxylation sites is 1. The van der Waals surface area contributed by atoms with Crippen molar-refractivity contribution in [3.05, 3.63) is 54.7 Å². The number of nitrogens with zero attached hydrogens (tertiary/aromatic N) is 3. The summed E-state index contributed by atoms with van der Waals surface area (Å²) in [6.45, 7) is 7.12. The van der Waals surface area contributed by atoms with E-state index >= 15 is 0 Å². The molecule has 160 valence electrons. The first-order valence-electron chi connectivity index (χ1n) is 11.1. The Labute approximate surface area is 178 Å². The average molecular weight is 409 g/mol. The summed E-state index contributed by atoms with van der Waals surface area (Å²) in [6.07, 6.45) is 9.95. The molecule has 1 saturated heterocycles. The van der Waals surface area contributed by atoms with Crippen molar-refractivity contribution in [3.8, 4) is 5.75 Å². The Morgan fingerprint density at radius 3 is 2.70 bits per heavy atom. The lowest BCUT2D eigenvalue weighted by Gasteiger charge is -2.33. The highest BCUT2D eigenvalue weighted by Crippen LogP contribution is 2.29. The molecule has 0 bridgehead atoms. The maximum absolute atomic E-state index is 12.5. The molecule has 6 nitrogen and oxygen atoms in total. The van der Waals surface area contributed by atoms with Crippen LogP contribution in [-0.4, -0.2) is 40.3 Å². The standard InChI is InChI=1S/C24H32N4O2/c1-2-17-30-22-10-6-5-9-20(22)18-27-15-12-21(13-16-27)28-23(11-14-25-28)26-24(29)19-7-3-4-8-19/h2,5-6,9-11,14,19,21H,1,3-4,7-8,12-13,15-18H2,(H,26,29). The Balaban J connectivity index is 1.33. The zero-order chi connectivity index (χ0) is 20.8. The number of benzene rings is 1. The van der Waals surface area contributed by atoms with Crippen molar-refractivity contribution < 1.29 is 9.53 Å². The van der Waals surface area contributed by atoms with E-state index in [0.29, 0.717) is 12.6 Å². The molecule has 0 radical (unpaired) electrons. The van der Waals surface area contributed by atoms with Crippen LogP contribution in [0.4, 0.5) is 5.82 Å². The monoisotopic (exact) mass is 408 g/mol. The van der Waals surface area contributed by atoms with Crippen molar-refractivity contribution in [1.29, 1.82) is 0 Å². The number of carbonyl (C=O) groups is 1. The Morgan fingerprint density at radius 1 is 1.17 bits per heavy atom. The largest absolute Gasteiger partial charge is 0.489 e. The van der Waals surface area contributed by atoms with Crippen LogP contribution >= 0.6 is 0 Å². The summed E-state index contributed by atoms with van der Waals surface area (Å²) in [5.74, 6) is 2.10. The molecule has 1 amide bonds. The average Bonchev–Trinajstić information content (AvgIpc) is 3.46. The van der Waals surface area contributed by atoms with Crippen molar-refractivity contribution in [2.24, 2.45) is 5.92 Å². The maximum Gasteiger partial charge on any atom is 0.228 e. The SMILES string of the molecule is C=CCOc1ccccc1CN1CCC(n2nccc2NC(=O)C2CCCC2)CC1. The van der Waals surface area contributed by atoms with E-state index in [1.54, 1.807) is 12.3 Å². The second-order valence-electron chi connectivity index (χ2n) is 8.35. The molecule has 1 aliphatic carbocycles. The van der Waals surface area contributed by atoms with E-state index in [1.807, 2.05) is 22.9 Å². The normalized spacial score (nSPS) is 18.4. The quantitative estimate of drug-likeness (QED) is 0.657. The Bertz CT molecular complexity index is 848. The van der Waals surface area contributed by atoms with Gasteiger partial charge in [-0.3, -0.25) is 9.69 Å². The molecule has 0 atom stereocenters. The molecule has 1 aromatic heterocycles. The van der Waals surface area contributed by atoms with Crippen molar-refractivity contribution in [1.82, 2.24) is 14.7 Å². The van der Waals surface area contributed by atoms with Crippen LogP contribution in [-0.2, 0) is 11.3 Å². The van der Waals surface area contributed by atoms with Crippen LogP contribution < -0.4 is 10.1 Å². The Kier molecular flexibility index (Phi) is 6.84. The zero-order valence-electron chi connectivity index (χ0n) is 17.6. The predicted octanol–water partition coefficient (Wildman–Crippen LogP) is 4.41. The highest BCUT2D eigenvalue weighted by molar-refractivity contribution is 5.91. The van der Waals surface area contributed by atoms with Crippen molar-refractivity contribution in [3.63, 3.8) is 0 Å². The number of nitrogens with one attached hydrogen (secondary N) is 1. The number of likely N-dealkylation sites (tertiary alicyclic amines) is 1. The molecule has 4 rings (SSSR count). The number of anilines is 1. The van der Waals surface area contributed by atoms with Crippen LogP contribution in [0.1, 0.15) is 50.1 Å². The fraction of sp³-hybridized carbons (Fsp3) is 0.500. The molecule has 2 heterocycles. The second-order valence-corrected chi connectivity index (χ2v) is 8.35. The van der Waals surface area contributed by atoms with Crippen LogP contribution in [0.2, 0.25) is 0 Å². The lowest BCUT2D eigenvalue weighted by molar-refractivity contribution is -0.119. The van der Waals surface area contributed by atoms with Gasteiger partial charge in [-0.15, -0.1) is 0 Å². The number of carbonyl (C=O) groups excluding carboxylic acids is 1. The molecule has 1 saturated carbocycles. The summed E-state index contributed by atoms with van der Waals surface area (Å²) in [5, 5.41) is 7.66. The van der Waals surface area contributed by atoms with E-state index < -0.39 is 0 Å². The van der Waals surface area contributed by atoms with Gasteiger partial charge in [-0.1, -0.05) is 43.7 Å². The zero-order valence-corrected chi connectivity index (χ0v) is 17.6. The summed E-state index contributed by atoms with van der Waals surface area (Å²) in [4.78, 5) is 15.0. The van der Waals surface area contributed by atoms with E-state index in [1.165, 1.54) is 5.56 Å².